The number of carbonyl (C=O) groups excluding carboxylic acids is 8. The number of hydrogen-bond donors (Lipinski definition) is 12. The van der Waals surface area contributed by atoms with Crippen LogP contribution in [0.25, 0.3) is 10.9 Å². The van der Waals surface area contributed by atoms with Crippen LogP contribution in [0.2, 0.25) is 0 Å². The number of carbonyl (C=O) groups is 9. The van der Waals surface area contributed by atoms with E-state index in [1.165, 1.54) is 26.4 Å². The minimum Gasteiger partial charge on any atom is -0.480 e. The predicted octanol–water partition coefficient (Wildman–Crippen LogP) is -4.47. The first-order valence-electron chi connectivity index (χ1n) is 19.0. The van der Waals surface area contributed by atoms with Gasteiger partial charge in [-0.15, -0.1) is 0 Å². The zero-order valence-electron chi connectivity index (χ0n) is 32.9. The maximum atomic E-state index is 14.1. The second kappa shape index (κ2) is 21.2. The first-order valence-corrected chi connectivity index (χ1v) is 19.0. The summed E-state index contributed by atoms with van der Waals surface area (Å²) in [7, 11) is 0. The van der Waals surface area contributed by atoms with Crippen molar-refractivity contribution < 1.29 is 53.4 Å². The lowest BCUT2D eigenvalue weighted by atomic mass is 10.0. The fourth-order valence-electron chi connectivity index (χ4n) is 6.58. The molecule has 2 aromatic heterocycles. The van der Waals surface area contributed by atoms with Gasteiger partial charge in [-0.05, 0) is 38.3 Å². The molecule has 23 heteroatoms. The van der Waals surface area contributed by atoms with Gasteiger partial charge in [-0.1, -0.05) is 18.2 Å². The normalized spacial score (nSPS) is 16.6. The van der Waals surface area contributed by atoms with E-state index in [9.17, 15) is 53.4 Å². The molecule has 1 saturated heterocycles. The molecule has 1 aliphatic heterocycles. The lowest BCUT2D eigenvalue weighted by molar-refractivity contribution is -0.149. The number of aliphatic carboxylic acids is 1. The van der Waals surface area contributed by atoms with Gasteiger partial charge >= 0.3 is 5.97 Å². The van der Waals surface area contributed by atoms with Gasteiger partial charge in [0.15, 0.2) is 0 Å². The summed E-state index contributed by atoms with van der Waals surface area (Å²) in [4.78, 5) is 127. The van der Waals surface area contributed by atoms with Crippen LogP contribution in [-0.4, -0.2) is 145 Å². The van der Waals surface area contributed by atoms with Gasteiger partial charge in [0.2, 0.25) is 47.3 Å². The van der Waals surface area contributed by atoms with Crippen molar-refractivity contribution in [1.29, 1.82) is 0 Å². The number of nitrogens with zero attached hydrogens (tertiary/aromatic N) is 2. The van der Waals surface area contributed by atoms with Crippen LogP contribution in [0, 0.1) is 0 Å². The number of likely N-dealkylation sites (tertiary alicyclic amines) is 1. The Hall–Kier alpha value is -6.88. The average molecular weight is 839 g/mol. The topological polar surface area (TPSA) is 366 Å². The molecule has 1 fully saturated rings. The zero-order valence-corrected chi connectivity index (χ0v) is 32.9. The summed E-state index contributed by atoms with van der Waals surface area (Å²) < 4.78 is 0. The van der Waals surface area contributed by atoms with E-state index in [4.69, 9.17) is 11.5 Å². The highest BCUT2D eigenvalue weighted by molar-refractivity contribution is 5.98. The third-order valence-corrected chi connectivity index (χ3v) is 9.64. The molecule has 3 aromatic rings. The van der Waals surface area contributed by atoms with Crippen LogP contribution in [0.3, 0.4) is 0 Å². The monoisotopic (exact) mass is 838 g/mol. The standard InChI is InChI=1S/C37H50N12O11/c1-18(36(58)49-9-5-8-27(49)37(59)60)44-35(57)31(19(2)50)48-30(53)16-42-32(54)25(11-21-15-40-17-43-21)47-33(55)24(10-20-14-41-23-7-4-3-6-22(20)23)46-34(56)26(12-28(39)51)45-29(52)13-38/h3-4,6-7,14-15,17-19,24-27,31,41,50H,5,8-13,16,38H2,1-2H3,(H2,39,51)(H,40,43)(H,42,54)(H,44,57)(H,45,52)(H,46,56)(H,47,55)(H,48,53)(H,59,60)/t18-,19+,24-,25-,26-,27-,31-/m0/s1. The predicted molar refractivity (Wildman–Crippen MR) is 210 cm³/mol. The van der Waals surface area contributed by atoms with Gasteiger partial charge in [-0.2, -0.15) is 0 Å². The van der Waals surface area contributed by atoms with E-state index in [1.54, 1.807) is 30.5 Å². The zero-order chi connectivity index (χ0) is 44.1. The Kier molecular flexibility index (Phi) is 16.2. The van der Waals surface area contributed by atoms with Gasteiger partial charge in [-0.25, -0.2) is 9.78 Å². The smallest absolute Gasteiger partial charge is 0.326 e. The fraction of sp³-hybridized carbons (Fsp3) is 0.459. The molecule has 14 N–H and O–H groups in total. The van der Waals surface area contributed by atoms with E-state index in [0.717, 1.165) is 15.8 Å². The van der Waals surface area contributed by atoms with Gasteiger partial charge in [0.25, 0.3) is 0 Å². The molecule has 0 spiro atoms. The number of aromatic amines is 2. The van der Waals surface area contributed by atoms with Crippen molar-refractivity contribution in [1.82, 2.24) is 51.8 Å². The number of rotatable bonds is 21. The third kappa shape index (κ3) is 12.6. The van der Waals surface area contributed by atoms with Gasteiger partial charge in [-0.3, -0.25) is 38.4 Å². The number of primary amides is 1. The molecule has 324 valence electrons. The summed E-state index contributed by atoms with van der Waals surface area (Å²) in [6.07, 6.45) is 2.65. The summed E-state index contributed by atoms with van der Waals surface area (Å²) in [6.45, 7) is 1.47. The second-order valence-corrected chi connectivity index (χ2v) is 14.2. The quantitative estimate of drug-likeness (QED) is 0.0482. The first-order chi connectivity index (χ1) is 28.5. The van der Waals surface area contributed by atoms with Crippen molar-refractivity contribution in [3.63, 3.8) is 0 Å². The van der Waals surface area contributed by atoms with Crippen LogP contribution in [0.1, 0.15) is 44.4 Å². The summed E-state index contributed by atoms with van der Waals surface area (Å²) in [5.41, 5.74) is 12.4. The Balaban J connectivity index is 1.48. The summed E-state index contributed by atoms with van der Waals surface area (Å²) in [5.74, 6) is -8.14. The number of H-pyrrole nitrogens is 2. The third-order valence-electron chi connectivity index (χ3n) is 9.64. The number of carboxylic acids is 1. The Morgan fingerprint density at radius 2 is 1.55 bits per heavy atom. The molecule has 60 heavy (non-hydrogen) atoms. The molecule has 0 radical (unpaired) electrons. The Morgan fingerprint density at radius 3 is 2.18 bits per heavy atom. The van der Waals surface area contributed by atoms with Crippen LogP contribution < -0.4 is 43.4 Å². The van der Waals surface area contributed by atoms with Crippen LogP contribution in [0.4, 0.5) is 0 Å². The highest BCUT2D eigenvalue weighted by Crippen LogP contribution is 2.20. The Bertz CT molecular complexity index is 2050. The van der Waals surface area contributed by atoms with E-state index in [0.29, 0.717) is 17.7 Å². The molecule has 0 aliphatic carbocycles. The maximum absolute atomic E-state index is 14.1. The van der Waals surface area contributed by atoms with E-state index < -0.39 is 115 Å². The number of imidazole rings is 1. The van der Waals surface area contributed by atoms with E-state index >= 15 is 0 Å². The number of fused-ring (bicyclic) bond motifs is 1. The second-order valence-electron chi connectivity index (χ2n) is 14.2. The Morgan fingerprint density at radius 1 is 0.867 bits per heavy atom. The number of aliphatic hydroxyl groups is 1. The highest BCUT2D eigenvalue weighted by atomic mass is 16.4. The lowest BCUT2D eigenvalue weighted by Gasteiger charge is -2.27. The van der Waals surface area contributed by atoms with Crippen LogP contribution in [0.15, 0.2) is 43.0 Å². The van der Waals surface area contributed by atoms with Gasteiger partial charge in [0.1, 0.15) is 36.3 Å². The molecule has 3 heterocycles. The van der Waals surface area contributed by atoms with Crippen LogP contribution in [0.5, 0.6) is 0 Å². The molecule has 0 saturated carbocycles. The number of carboxylic acid groups (broad SMARTS) is 1. The summed E-state index contributed by atoms with van der Waals surface area (Å²) in [6, 6.07) is -1.03. The molecule has 1 aliphatic rings. The van der Waals surface area contributed by atoms with Gasteiger partial charge in [0, 0.05) is 48.4 Å². The lowest BCUT2D eigenvalue weighted by Crippen LogP contribution is -2.59. The molecule has 0 bridgehead atoms. The van der Waals surface area contributed by atoms with Crippen molar-refractivity contribution >= 4 is 64.1 Å². The van der Waals surface area contributed by atoms with Gasteiger partial charge < -0.3 is 68.4 Å². The number of nitrogens with one attached hydrogen (secondary N) is 8. The number of aromatic nitrogens is 3. The number of amides is 8. The first kappa shape index (κ1) is 45.8. The SMILES string of the molecule is C[C@H](NC(=O)[C@@H](NC(=O)CNC(=O)[C@H](Cc1cnc[nH]1)NC(=O)[C@H](Cc1c[nH]c2ccccc12)NC(=O)[C@H](CC(N)=O)NC(=O)CN)[C@@H](C)O)C(=O)N1CCC[C@H]1C(=O)O. The molecule has 0 unspecified atom stereocenters. The molecule has 8 amide bonds. The largest absolute Gasteiger partial charge is 0.480 e. The van der Waals surface area contributed by atoms with E-state index in [-0.39, 0.29) is 25.8 Å². The van der Waals surface area contributed by atoms with Crippen molar-refractivity contribution in [2.75, 3.05) is 19.6 Å². The molecule has 1 aromatic carbocycles. The number of hydrogen-bond acceptors (Lipinski definition) is 12. The number of benzene rings is 1. The van der Waals surface area contributed by atoms with Crippen LogP contribution >= 0.6 is 0 Å². The van der Waals surface area contributed by atoms with E-state index in [1.807, 2.05) is 0 Å². The Labute approximate surface area is 342 Å². The molecular weight excluding hydrogens is 788 g/mol. The number of aliphatic hydroxyl groups excluding tert-OH is 1. The minimum atomic E-state index is -1.60. The van der Waals surface area contributed by atoms with Crippen molar-refractivity contribution in [3.05, 3.63) is 54.2 Å². The van der Waals surface area contributed by atoms with Crippen molar-refractivity contribution in [3.8, 4) is 0 Å². The highest BCUT2D eigenvalue weighted by Gasteiger charge is 2.38. The molecule has 4 rings (SSSR count). The number of para-hydroxylation sites is 1. The van der Waals surface area contributed by atoms with Gasteiger partial charge in [0.05, 0.1) is 31.9 Å². The average Bonchev–Trinajstić information content (AvgIpc) is 4.00. The summed E-state index contributed by atoms with van der Waals surface area (Å²) >= 11 is 0. The summed E-state index contributed by atoms with van der Waals surface area (Å²) in [5, 5.41) is 35.0. The maximum Gasteiger partial charge on any atom is 0.326 e. The van der Waals surface area contributed by atoms with Crippen molar-refractivity contribution in [2.45, 2.75) is 88.3 Å². The molecule has 7 atom stereocenters. The molecule has 23 nitrogen and oxygen atoms in total. The molecular formula is C37H50N12O11. The van der Waals surface area contributed by atoms with E-state index in [2.05, 4.69) is 46.9 Å². The van der Waals surface area contributed by atoms with Crippen molar-refractivity contribution in [2.24, 2.45) is 11.5 Å². The fourth-order valence-corrected chi connectivity index (χ4v) is 6.58. The number of nitrogens with two attached hydrogens (primary N) is 2. The minimum absolute atomic E-state index is 0.137. The van der Waals surface area contributed by atoms with Crippen LogP contribution in [-0.2, 0) is 56.0 Å².